The summed E-state index contributed by atoms with van der Waals surface area (Å²) in [6.07, 6.45) is 5.43. The first kappa shape index (κ1) is 10.4. The van der Waals surface area contributed by atoms with Gasteiger partial charge in [-0.2, -0.15) is 12.6 Å². The highest BCUT2D eigenvalue weighted by Gasteiger charge is 2.31. The fourth-order valence-electron chi connectivity index (χ4n) is 1.95. The van der Waals surface area contributed by atoms with Gasteiger partial charge in [-0.1, -0.05) is 12.8 Å². The van der Waals surface area contributed by atoms with Crippen molar-refractivity contribution in [2.24, 2.45) is 5.92 Å². The van der Waals surface area contributed by atoms with Crippen molar-refractivity contribution in [1.29, 1.82) is 0 Å². The van der Waals surface area contributed by atoms with Gasteiger partial charge in [0.2, 0.25) is 0 Å². The van der Waals surface area contributed by atoms with Crippen LogP contribution >= 0.6 is 12.6 Å². The van der Waals surface area contributed by atoms with Gasteiger partial charge in [0.05, 0.1) is 5.25 Å². The van der Waals surface area contributed by atoms with Crippen molar-refractivity contribution in [2.45, 2.75) is 30.9 Å². The summed E-state index contributed by atoms with van der Waals surface area (Å²) >= 11 is 4.19. The number of hydrogen-bond acceptors (Lipinski definition) is 3. The molecule has 0 aromatic rings. The molecule has 1 aliphatic carbocycles. The Morgan fingerprint density at radius 1 is 1.33 bits per heavy atom. The predicted molar refractivity (Wildman–Crippen MR) is 54.4 cm³/mol. The molecule has 72 valence electrons. The quantitative estimate of drug-likeness (QED) is 0.698. The summed E-state index contributed by atoms with van der Waals surface area (Å²) in [6.45, 7) is 0. The minimum absolute atomic E-state index is 0.122. The van der Waals surface area contributed by atoms with Crippen LogP contribution in [0.5, 0.6) is 0 Å². The van der Waals surface area contributed by atoms with Gasteiger partial charge >= 0.3 is 0 Å². The average Bonchev–Trinajstić information content (AvgIpc) is 2.03. The van der Waals surface area contributed by atoms with Crippen LogP contribution in [0.2, 0.25) is 0 Å². The van der Waals surface area contributed by atoms with Crippen LogP contribution in [0.3, 0.4) is 0 Å². The molecule has 2 unspecified atom stereocenters. The second-order valence-electron chi connectivity index (χ2n) is 3.60. The van der Waals surface area contributed by atoms with Crippen molar-refractivity contribution in [3.8, 4) is 0 Å². The van der Waals surface area contributed by atoms with Crippen molar-refractivity contribution >= 4 is 22.5 Å². The Labute approximate surface area is 80.1 Å². The molecule has 0 amide bonds. The molecule has 0 bridgehead atoms. The largest absolute Gasteiger partial charge is 0.229 e. The Balaban J connectivity index is 2.72. The molecule has 0 N–H and O–H groups in total. The average molecular weight is 208 g/mol. The monoisotopic (exact) mass is 208 g/mol. The molecule has 0 radical (unpaired) electrons. The molecule has 1 aliphatic rings. The SMILES string of the molecule is CS(=O)(=O)C1CCCCC1CS. The van der Waals surface area contributed by atoms with E-state index in [-0.39, 0.29) is 11.2 Å². The van der Waals surface area contributed by atoms with E-state index < -0.39 is 9.84 Å². The molecule has 0 aliphatic heterocycles. The molecule has 2 atom stereocenters. The molecule has 0 spiro atoms. The van der Waals surface area contributed by atoms with Crippen LogP contribution in [0.25, 0.3) is 0 Å². The summed E-state index contributed by atoms with van der Waals surface area (Å²) in [5.41, 5.74) is 0. The van der Waals surface area contributed by atoms with E-state index in [1.54, 1.807) is 0 Å². The van der Waals surface area contributed by atoms with E-state index in [1.165, 1.54) is 6.26 Å². The summed E-state index contributed by atoms with van der Waals surface area (Å²) < 4.78 is 22.6. The maximum Gasteiger partial charge on any atom is 0.150 e. The van der Waals surface area contributed by atoms with Gasteiger partial charge in [0, 0.05) is 6.26 Å². The van der Waals surface area contributed by atoms with Gasteiger partial charge in [0.1, 0.15) is 0 Å². The second-order valence-corrected chi connectivity index (χ2v) is 6.22. The Morgan fingerprint density at radius 2 is 1.92 bits per heavy atom. The van der Waals surface area contributed by atoms with Gasteiger partial charge in [-0.25, -0.2) is 8.42 Å². The zero-order chi connectivity index (χ0) is 9.19. The lowest BCUT2D eigenvalue weighted by molar-refractivity contribution is 0.388. The molecular formula is C8H16O2S2. The number of thiol groups is 1. The summed E-state index contributed by atoms with van der Waals surface area (Å²) in [5, 5.41) is -0.122. The van der Waals surface area contributed by atoms with Crippen molar-refractivity contribution in [3.05, 3.63) is 0 Å². The topological polar surface area (TPSA) is 34.1 Å². The lowest BCUT2D eigenvalue weighted by atomic mass is 9.90. The molecule has 1 fully saturated rings. The van der Waals surface area contributed by atoms with Crippen LogP contribution in [0.1, 0.15) is 25.7 Å². The van der Waals surface area contributed by atoms with Crippen LogP contribution in [0, 0.1) is 5.92 Å². The zero-order valence-electron chi connectivity index (χ0n) is 7.36. The summed E-state index contributed by atoms with van der Waals surface area (Å²) in [4.78, 5) is 0. The molecule has 0 aromatic carbocycles. The van der Waals surface area contributed by atoms with E-state index in [1.807, 2.05) is 0 Å². The highest BCUT2D eigenvalue weighted by atomic mass is 32.2. The van der Waals surface area contributed by atoms with Gasteiger partial charge in [-0.15, -0.1) is 0 Å². The fraction of sp³-hybridized carbons (Fsp3) is 1.00. The van der Waals surface area contributed by atoms with E-state index in [4.69, 9.17) is 0 Å². The second kappa shape index (κ2) is 4.01. The zero-order valence-corrected chi connectivity index (χ0v) is 9.07. The van der Waals surface area contributed by atoms with Gasteiger partial charge in [-0.05, 0) is 24.5 Å². The van der Waals surface area contributed by atoms with E-state index in [0.29, 0.717) is 5.75 Å². The molecule has 12 heavy (non-hydrogen) atoms. The standard InChI is InChI=1S/C8H16O2S2/c1-12(9,10)8-5-3-2-4-7(8)6-11/h7-8,11H,2-6H2,1H3. The smallest absolute Gasteiger partial charge is 0.150 e. The maximum absolute atomic E-state index is 11.3. The lowest BCUT2D eigenvalue weighted by Crippen LogP contribution is -2.33. The molecule has 2 nitrogen and oxygen atoms in total. The van der Waals surface area contributed by atoms with Crippen LogP contribution in [0.15, 0.2) is 0 Å². The van der Waals surface area contributed by atoms with Gasteiger partial charge in [0.25, 0.3) is 0 Å². The molecule has 0 saturated heterocycles. The molecular weight excluding hydrogens is 192 g/mol. The summed E-state index contributed by atoms with van der Waals surface area (Å²) in [6, 6.07) is 0. The number of hydrogen-bond donors (Lipinski definition) is 1. The Morgan fingerprint density at radius 3 is 2.33 bits per heavy atom. The summed E-state index contributed by atoms with van der Waals surface area (Å²) in [7, 11) is -2.84. The fourth-order valence-corrected chi connectivity index (χ4v) is 4.05. The van der Waals surface area contributed by atoms with Crippen molar-refractivity contribution in [2.75, 3.05) is 12.0 Å². The van der Waals surface area contributed by atoms with Crippen LogP contribution < -0.4 is 0 Å². The van der Waals surface area contributed by atoms with Gasteiger partial charge < -0.3 is 0 Å². The molecule has 0 aromatic heterocycles. The first-order valence-corrected chi connectivity index (χ1v) is 6.94. The van der Waals surface area contributed by atoms with Crippen molar-refractivity contribution in [3.63, 3.8) is 0 Å². The number of rotatable bonds is 2. The third kappa shape index (κ3) is 2.39. The van der Waals surface area contributed by atoms with E-state index in [0.717, 1.165) is 25.7 Å². The minimum Gasteiger partial charge on any atom is -0.229 e. The first-order chi connectivity index (χ1) is 5.55. The van der Waals surface area contributed by atoms with E-state index in [9.17, 15) is 8.42 Å². The maximum atomic E-state index is 11.3. The van der Waals surface area contributed by atoms with Gasteiger partial charge in [-0.3, -0.25) is 0 Å². The Hall–Kier alpha value is 0.300. The predicted octanol–water partition coefficient (Wildman–Crippen LogP) is 1.52. The van der Waals surface area contributed by atoms with Crippen molar-refractivity contribution in [1.82, 2.24) is 0 Å². The van der Waals surface area contributed by atoms with Crippen LogP contribution in [0.4, 0.5) is 0 Å². The first-order valence-electron chi connectivity index (χ1n) is 4.35. The molecule has 1 saturated carbocycles. The highest BCUT2D eigenvalue weighted by Crippen LogP contribution is 2.29. The Kier molecular flexibility index (Phi) is 3.47. The molecule has 4 heteroatoms. The van der Waals surface area contributed by atoms with Gasteiger partial charge in [0.15, 0.2) is 9.84 Å². The third-order valence-electron chi connectivity index (χ3n) is 2.62. The summed E-state index contributed by atoms with van der Waals surface area (Å²) in [5.74, 6) is 0.995. The normalized spacial score (nSPS) is 31.8. The highest BCUT2D eigenvalue weighted by molar-refractivity contribution is 7.91. The molecule has 1 rings (SSSR count). The molecule has 0 heterocycles. The van der Waals surface area contributed by atoms with E-state index >= 15 is 0 Å². The van der Waals surface area contributed by atoms with Crippen molar-refractivity contribution < 1.29 is 8.42 Å². The lowest BCUT2D eigenvalue weighted by Gasteiger charge is -2.28. The third-order valence-corrected chi connectivity index (χ3v) is 4.81. The minimum atomic E-state index is -2.84. The number of sulfone groups is 1. The van der Waals surface area contributed by atoms with E-state index in [2.05, 4.69) is 12.6 Å². The van der Waals surface area contributed by atoms with Crippen LogP contribution in [-0.4, -0.2) is 25.7 Å². The Bertz CT molecular complexity index is 233. The van der Waals surface area contributed by atoms with Crippen LogP contribution in [-0.2, 0) is 9.84 Å².